The summed E-state index contributed by atoms with van der Waals surface area (Å²) in [5.41, 5.74) is 4.74. The van der Waals surface area contributed by atoms with Crippen molar-refractivity contribution in [3.8, 4) is 5.88 Å². The van der Waals surface area contributed by atoms with Crippen molar-refractivity contribution in [3.05, 3.63) is 21.3 Å². The number of ether oxygens (including phenoxy) is 1. The van der Waals surface area contributed by atoms with Gasteiger partial charge in [-0.15, -0.1) is 0 Å². The molecule has 4 nitrogen and oxygen atoms in total. The highest BCUT2D eigenvalue weighted by molar-refractivity contribution is 6.47. The number of hydrogen-bond donors (Lipinski definition) is 1. The third-order valence-electron chi connectivity index (χ3n) is 1.05. The van der Waals surface area contributed by atoms with Gasteiger partial charge in [0.15, 0.2) is 5.15 Å². The summed E-state index contributed by atoms with van der Waals surface area (Å²) in [7, 11) is 0. The minimum absolute atomic E-state index is 0.0505. The summed E-state index contributed by atoms with van der Waals surface area (Å²) in [6, 6.07) is 1.24. The molecule has 70 valence electrons. The smallest absolute Gasteiger partial charge is 0.391 e. The van der Waals surface area contributed by atoms with Crippen LogP contribution in [0.4, 0.5) is 4.79 Å². The lowest BCUT2D eigenvalue weighted by Gasteiger charge is -2.02. The zero-order valence-corrected chi connectivity index (χ0v) is 8.32. The van der Waals surface area contributed by atoms with E-state index in [0.717, 1.165) is 0 Å². The van der Waals surface area contributed by atoms with Gasteiger partial charge < -0.3 is 10.5 Å². The normalized spacial score (nSPS) is 9.77. The zero-order chi connectivity index (χ0) is 10.0. The quantitative estimate of drug-likeness (QED) is 0.768. The maximum atomic E-state index is 10.3. The summed E-state index contributed by atoms with van der Waals surface area (Å²) in [5.74, 6) is -0.0908. The van der Waals surface area contributed by atoms with E-state index in [1.165, 1.54) is 6.07 Å². The SMILES string of the molecule is NC(=O)Oc1cc(Cl)c(Cl)c(Cl)n1. The Morgan fingerprint density at radius 2 is 2.08 bits per heavy atom. The Morgan fingerprint density at radius 1 is 1.46 bits per heavy atom. The summed E-state index contributed by atoms with van der Waals surface area (Å²) in [5, 5.41) is 0.184. The number of carbonyl (C=O) groups is 1. The van der Waals surface area contributed by atoms with E-state index in [4.69, 9.17) is 40.5 Å². The predicted octanol–water partition coefficient (Wildman–Crippen LogP) is 2.50. The van der Waals surface area contributed by atoms with E-state index >= 15 is 0 Å². The van der Waals surface area contributed by atoms with Crippen LogP contribution in [0.3, 0.4) is 0 Å². The van der Waals surface area contributed by atoms with E-state index in [2.05, 4.69) is 9.72 Å². The number of halogens is 3. The topological polar surface area (TPSA) is 65.2 Å². The van der Waals surface area contributed by atoms with E-state index in [-0.39, 0.29) is 21.1 Å². The summed E-state index contributed by atoms with van der Waals surface area (Å²) >= 11 is 16.7. The third-order valence-corrected chi connectivity index (χ3v) is 2.20. The molecule has 0 spiro atoms. The van der Waals surface area contributed by atoms with Crippen LogP contribution in [0.25, 0.3) is 0 Å². The minimum Gasteiger partial charge on any atom is -0.391 e. The lowest BCUT2D eigenvalue weighted by molar-refractivity contribution is 0.209. The van der Waals surface area contributed by atoms with Crippen LogP contribution in [0.15, 0.2) is 6.07 Å². The molecule has 0 atom stereocenters. The van der Waals surface area contributed by atoms with Crippen LogP contribution in [0, 0.1) is 0 Å². The molecule has 0 aliphatic rings. The van der Waals surface area contributed by atoms with Gasteiger partial charge in [0.25, 0.3) is 0 Å². The van der Waals surface area contributed by atoms with Crippen molar-refractivity contribution in [2.45, 2.75) is 0 Å². The minimum atomic E-state index is -0.998. The molecule has 1 aromatic rings. The number of nitrogens with two attached hydrogens (primary N) is 1. The van der Waals surface area contributed by atoms with Crippen molar-refractivity contribution in [2.75, 3.05) is 0 Å². The first-order valence-corrected chi connectivity index (χ1v) is 4.13. The van der Waals surface area contributed by atoms with E-state index in [1.807, 2.05) is 0 Å². The van der Waals surface area contributed by atoms with E-state index in [1.54, 1.807) is 0 Å². The van der Waals surface area contributed by atoms with Crippen LogP contribution in [-0.2, 0) is 0 Å². The first-order chi connectivity index (χ1) is 6.00. The largest absolute Gasteiger partial charge is 0.411 e. The Balaban J connectivity index is 3.06. The Kier molecular flexibility index (Phi) is 3.19. The fraction of sp³-hybridized carbons (Fsp3) is 0. The standard InChI is InChI=1S/C6H3Cl3N2O2/c7-2-1-3(13-6(10)12)11-5(9)4(2)8/h1H,(H2,10,12). The summed E-state index contributed by atoms with van der Waals surface area (Å²) in [6.07, 6.45) is -0.998. The van der Waals surface area contributed by atoms with Crippen LogP contribution in [0.2, 0.25) is 15.2 Å². The van der Waals surface area contributed by atoms with Gasteiger partial charge in [-0.1, -0.05) is 34.8 Å². The number of aromatic nitrogens is 1. The molecule has 7 heteroatoms. The molecule has 13 heavy (non-hydrogen) atoms. The van der Waals surface area contributed by atoms with Gasteiger partial charge in [0, 0.05) is 6.07 Å². The first kappa shape index (κ1) is 10.4. The lowest BCUT2D eigenvalue weighted by Crippen LogP contribution is -2.16. The molecule has 0 aliphatic carbocycles. The molecule has 0 aliphatic heterocycles. The number of rotatable bonds is 1. The molecule has 1 heterocycles. The second-order valence-corrected chi connectivity index (χ2v) is 3.11. The molecule has 0 fully saturated rings. The van der Waals surface area contributed by atoms with Crippen LogP contribution in [0.5, 0.6) is 5.88 Å². The van der Waals surface area contributed by atoms with Crippen LogP contribution < -0.4 is 10.5 Å². The summed E-state index contributed by atoms with van der Waals surface area (Å²) < 4.78 is 4.43. The molecular weight excluding hydrogens is 238 g/mol. The lowest BCUT2D eigenvalue weighted by atomic mass is 10.5. The van der Waals surface area contributed by atoms with E-state index < -0.39 is 6.09 Å². The van der Waals surface area contributed by atoms with Crippen molar-refractivity contribution in [1.82, 2.24) is 4.98 Å². The van der Waals surface area contributed by atoms with Gasteiger partial charge in [-0.05, 0) is 0 Å². The van der Waals surface area contributed by atoms with Crippen molar-refractivity contribution in [3.63, 3.8) is 0 Å². The molecule has 0 unspecified atom stereocenters. The maximum Gasteiger partial charge on any atom is 0.411 e. The van der Waals surface area contributed by atoms with Crippen molar-refractivity contribution in [2.24, 2.45) is 5.73 Å². The Morgan fingerprint density at radius 3 is 2.54 bits per heavy atom. The molecule has 0 aromatic carbocycles. The number of carbonyl (C=O) groups excluding carboxylic acids is 1. The Labute approximate surface area is 88.5 Å². The summed E-state index contributed by atoms with van der Waals surface area (Å²) in [6.45, 7) is 0. The Bertz CT molecular complexity index is 333. The monoisotopic (exact) mass is 240 g/mol. The third kappa shape index (κ3) is 2.62. The molecule has 0 saturated carbocycles. The molecular formula is C6H3Cl3N2O2. The van der Waals surface area contributed by atoms with Gasteiger partial charge in [-0.25, -0.2) is 4.79 Å². The highest BCUT2D eigenvalue weighted by Crippen LogP contribution is 2.31. The van der Waals surface area contributed by atoms with Crippen LogP contribution in [-0.4, -0.2) is 11.1 Å². The van der Waals surface area contributed by atoms with Crippen molar-refractivity contribution < 1.29 is 9.53 Å². The van der Waals surface area contributed by atoms with Crippen LogP contribution in [0.1, 0.15) is 0 Å². The van der Waals surface area contributed by atoms with Gasteiger partial charge in [-0.3, -0.25) is 0 Å². The van der Waals surface area contributed by atoms with Gasteiger partial charge in [0.1, 0.15) is 0 Å². The molecule has 0 bridgehead atoms. The molecule has 1 aromatic heterocycles. The molecule has 1 rings (SSSR count). The number of amides is 1. The van der Waals surface area contributed by atoms with Gasteiger partial charge >= 0.3 is 6.09 Å². The zero-order valence-electron chi connectivity index (χ0n) is 6.05. The average molecular weight is 241 g/mol. The fourth-order valence-electron chi connectivity index (χ4n) is 0.604. The molecule has 0 radical (unpaired) electrons. The number of pyridine rings is 1. The summed E-state index contributed by atoms with van der Waals surface area (Å²) in [4.78, 5) is 13.9. The molecule has 2 N–H and O–H groups in total. The second-order valence-electron chi connectivity index (χ2n) is 1.97. The van der Waals surface area contributed by atoms with E-state index in [0.29, 0.717) is 0 Å². The maximum absolute atomic E-state index is 10.3. The predicted molar refractivity (Wildman–Crippen MR) is 49.5 cm³/mol. The van der Waals surface area contributed by atoms with Gasteiger partial charge in [-0.2, -0.15) is 4.98 Å². The highest BCUT2D eigenvalue weighted by atomic mass is 35.5. The second kappa shape index (κ2) is 4.00. The number of hydrogen-bond acceptors (Lipinski definition) is 3. The highest BCUT2D eigenvalue weighted by Gasteiger charge is 2.09. The van der Waals surface area contributed by atoms with Crippen molar-refractivity contribution in [1.29, 1.82) is 0 Å². The average Bonchev–Trinajstić information content (AvgIpc) is 1.98. The van der Waals surface area contributed by atoms with E-state index in [9.17, 15) is 4.79 Å². The fourth-order valence-corrected chi connectivity index (χ4v) is 1.12. The number of nitrogens with zero attached hydrogens (tertiary/aromatic N) is 1. The Hall–Kier alpha value is -0.710. The van der Waals surface area contributed by atoms with Crippen molar-refractivity contribution >= 4 is 40.9 Å². The van der Waals surface area contributed by atoms with Gasteiger partial charge in [0.2, 0.25) is 5.88 Å². The van der Waals surface area contributed by atoms with Gasteiger partial charge in [0.05, 0.1) is 10.0 Å². The molecule has 1 amide bonds. The molecule has 0 saturated heterocycles. The first-order valence-electron chi connectivity index (χ1n) is 2.99. The van der Waals surface area contributed by atoms with Crippen LogP contribution >= 0.6 is 34.8 Å². The number of primary amides is 1.